The molecule has 5 aliphatic rings. The van der Waals surface area contributed by atoms with Gasteiger partial charge in [0.2, 0.25) is 0 Å². The van der Waals surface area contributed by atoms with Crippen LogP contribution >= 0.6 is 0 Å². The summed E-state index contributed by atoms with van der Waals surface area (Å²) in [5.41, 5.74) is 0.982. The molecule has 0 amide bonds. The molecule has 1 heterocycles. The van der Waals surface area contributed by atoms with Crippen molar-refractivity contribution >= 4 is 0 Å². The van der Waals surface area contributed by atoms with Crippen molar-refractivity contribution in [3.63, 3.8) is 0 Å². The molecule has 3 N–H and O–H groups in total. The smallest absolute Gasteiger partial charge is 0.184 e. The Kier molecular flexibility index (Phi) is 7.31. The molecular formula is C33H48O5. The first-order valence-electron chi connectivity index (χ1n) is 15.3. The van der Waals surface area contributed by atoms with Crippen LogP contribution in [-0.4, -0.2) is 46.3 Å². The van der Waals surface area contributed by atoms with Crippen LogP contribution in [-0.2, 0) is 9.47 Å². The molecule has 0 aromatic heterocycles. The van der Waals surface area contributed by atoms with E-state index in [1.54, 1.807) is 0 Å². The molecule has 1 saturated heterocycles. The van der Waals surface area contributed by atoms with Gasteiger partial charge in [-0.25, -0.2) is 0 Å². The van der Waals surface area contributed by atoms with E-state index in [4.69, 9.17) is 9.47 Å². The maximum absolute atomic E-state index is 11.8. The van der Waals surface area contributed by atoms with Crippen molar-refractivity contribution in [1.29, 1.82) is 0 Å². The molecule has 38 heavy (non-hydrogen) atoms. The normalized spacial score (nSPS) is 49.7. The standard InChI is InChI=1S/C33H48O5/c1-20(9-10-24-14-16-37-31(38-24)21-7-5-4-6-8-21)25-11-12-26-30-27(19-29(36)33(25,26)3)32(2)15-13-23(34)17-22(32)18-28(30)35/h4-10,20,22-31,34-36H,11-19H2,1-3H3/b10-9-/t20-,22+,23-,24-,25-,26+,27+,28-,29+,30+,31+,32+,33-/m1/s1. The highest BCUT2D eigenvalue weighted by Crippen LogP contribution is 2.68. The zero-order chi connectivity index (χ0) is 26.7. The Hall–Kier alpha value is -1.24. The van der Waals surface area contributed by atoms with Crippen molar-refractivity contribution < 1.29 is 24.8 Å². The first-order valence-corrected chi connectivity index (χ1v) is 15.3. The first kappa shape index (κ1) is 27.0. The molecule has 0 radical (unpaired) electrons. The van der Waals surface area contributed by atoms with Gasteiger partial charge in [-0.3, -0.25) is 0 Å². The lowest BCUT2D eigenvalue weighted by Gasteiger charge is -2.63. The van der Waals surface area contributed by atoms with Gasteiger partial charge in [-0.15, -0.1) is 0 Å². The molecule has 4 saturated carbocycles. The predicted octanol–water partition coefficient (Wildman–Crippen LogP) is 5.64. The molecule has 5 fully saturated rings. The Bertz CT molecular complexity index is 996. The fraction of sp³-hybridized carbons (Fsp3) is 0.758. The van der Waals surface area contributed by atoms with Crippen LogP contribution in [0.3, 0.4) is 0 Å². The van der Waals surface area contributed by atoms with Crippen LogP contribution < -0.4 is 0 Å². The highest BCUT2D eigenvalue weighted by molar-refractivity contribution is 5.18. The monoisotopic (exact) mass is 524 g/mol. The Labute approximate surface area is 228 Å². The average molecular weight is 525 g/mol. The van der Waals surface area contributed by atoms with Crippen molar-refractivity contribution in [3.8, 4) is 0 Å². The number of benzene rings is 1. The van der Waals surface area contributed by atoms with E-state index in [0.717, 1.165) is 56.9 Å². The third kappa shape index (κ3) is 4.41. The van der Waals surface area contributed by atoms with Crippen LogP contribution in [0.1, 0.15) is 84.0 Å². The second-order valence-corrected chi connectivity index (χ2v) is 13.8. The van der Waals surface area contributed by atoms with E-state index >= 15 is 0 Å². The molecule has 0 bridgehead atoms. The first-order chi connectivity index (χ1) is 18.2. The molecule has 1 aliphatic heterocycles. The highest BCUT2D eigenvalue weighted by Gasteiger charge is 2.65. The molecule has 5 heteroatoms. The predicted molar refractivity (Wildman–Crippen MR) is 147 cm³/mol. The van der Waals surface area contributed by atoms with Crippen molar-refractivity contribution in [2.45, 2.75) is 103 Å². The fourth-order valence-corrected chi connectivity index (χ4v) is 9.98. The minimum absolute atomic E-state index is 0.0285. The lowest BCUT2D eigenvalue weighted by molar-refractivity contribution is -0.206. The number of ether oxygens (including phenoxy) is 2. The fourth-order valence-electron chi connectivity index (χ4n) is 9.98. The van der Waals surface area contributed by atoms with Crippen molar-refractivity contribution in [3.05, 3.63) is 48.0 Å². The number of aliphatic hydroxyl groups excluding tert-OH is 3. The maximum Gasteiger partial charge on any atom is 0.184 e. The van der Waals surface area contributed by atoms with Gasteiger partial charge in [0.05, 0.1) is 31.0 Å². The molecule has 1 aromatic rings. The van der Waals surface area contributed by atoms with Crippen molar-refractivity contribution in [2.75, 3.05) is 6.61 Å². The molecule has 0 unspecified atom stereocenters. The van der Waals surface area contributed by atoms with Gasteiger partial charge in [0, 0.05) is 17.4 Å². The third-order valence-corrected chi connectivity index (χ3v) is 12.1. The molecule has 6 rings (SSSR count). The van der Waals surface area contributed by atoms with Gasteiger partial charge >= 0.3 is 0 Å². The van der Waals surface area contributed by atoms with Crippen LogP contribution in [0.15, 0.2) is 42.5 Å². The molecular weight excluding hydrogens is 476 g/mol. The summed E-state index contributed by atoms with van der Waals surface area (Å²) in [5.74, 6) is 2.01. The number of hydrogen-bond acceptors (Lipinski definition) is 5. The van der Waals surface area contributed by atoms with E-state index in [1.807, 2.05) is 30.3 Å². The van der Waals surface area contributed by atoms with Crippen LogP contribution in [0.4, 0.5) is 0 Å². The zero-order valence-corrected chi connectivity index (χ0v) is 23.4. The number of allylic oxidation sites excluding steroid dienone is 1. The van der Waals surface area contributed by atoms with Gasteiger partial charge in [-0.2, -0.15) is 0 Å². The molecule has 5 nitrogen and oxygen atoms in total. The van der Waals surface area contributed by atoms with Crippen molar-refractivity contribution in [2.24, 2.45) is 46.3 Å². The van der Waals surface area contributed by atoms with Crippen molar-refractivity contribution in [1.82, 2.24) is 0 Å². The summed E-state index contributed by atoms with van der Waals surface area (Å²) >= 11 is 0. The number of aliphatic hydroxyl groups is 3. The Morgan fingerprint density at radius 2 is 1.74 bits per heavy atom. The molecule has 13 atom stereocenters. The minimum Gasteiger partial charge on any atom is -0.393 e. The molecule has 0 spiro atoms. The summed E-state index contributed by atoms with van der Waals surface area (Å²) in [4.78, 5) is 0. The van der Waals surface area contributed by atoms with Crippen LogP contribution in [0, 0.1) is 46.3 Å². The van der Waals surface area contributed by atoms with Gasteiger partial charge in [0.1, 0.15) is 0 Å². The van der Waals surface area contributed by atoms with E-state index < -0.39 is 0 Å². The Morgan fingerprint density at radius 3 is 2.53 bits per heavy atom. The van der Waals surface area contributed by atoms with E-state index in [0.29, 0.717) is 36.2 Å². The summed E-state index contributed by atoms with van der Waals surface area (Å²) in [5, 5.41) is 33.7. The molecule has 1 aromatic carbocycles. The summed E-state index contributed by atoms with van der Waals surface area (Å²) in [7, 11) is 0. The number of hydrogen-bond donors (Lipinski definition) is 3. The Balaban J connectivity index is 1.17. The van der Waals surface area contributed by atoms with E-state index in [-0.39, 0.29) is 47.5 Å². The summed E-state index contributed by atoms with van der Waals surface area (Å²) < 4.78 is 12.2. The highest BCUT2D eigenvalue weighted by atomic mass is 16.7. The van der Waals surface area contributed by atoms with Gasteiger partial charge in [-0.05, 0) is 85.9 Å². The minimum atomic E-state index is -0.353. The van der Waals surface area contributed by atoms with Gasteiger partial charge < -0.3 is 24.8 Å². The van der Waals surface area contributed by atoms with Gasteiger partial charge in [0.15, 0.2) is 6.29 Å². The summed E-state index contributed by atoms with van der Waals surface area (Å²) in [6.45, 7) is 7.71. The lowest BCUT2D eigenvalue weighted by atomic mass is 9.43. The number of rotatable bonds is 4. The second kappa shape index (κ2) is 10.3. The van der Waals surface area contributed by atoms with Crippen LogP contribution in [0.25, 0.3) is 0 Å². The van der Waals surface area contributed by atoms with E-state index in [9.17, 15) is 15.3 Å². The van der Waals surface area contributed by atoms with Crippen LogP contribution in [0.5, 0.6) is 0 Å². The van der Waals surface area contributed by atoms with Crippen LogP contribution in [0.2, 0.25) is 0 Å². The summed E-state index contributed by atoms with van der Waals surface area (Å²) in [6.07, 6.45) is 10.6. The quantitative estimate of drug-likeness (QED) is 0.444. The zero-order valence-electron chi connectivity index (χ0n) is 23.4. The molecule has 4 aliphatic carbocycles. The average Bonchev–Trinajstić information content (AvgIpc) is 3.28. The third-order valence-electron chi connectivity index (χ3n) is 12.1. The van der Waals surface area contributed by atoms with E-state index in [1.165, 1.54) is 0 Å². The summed E-state index contributed by atoms with van der Waals surface area (Å²) in [6, 6.07) is 10.1. The second-order valence-electron chi connectivity index (χ2n) is 13.8. The van der Waals surface area contributed by atoms with Gasteiger partial charge in [-0.1, -0.05) is 63.3 Å². The largest absolute Gasteiger partial charge is 0.393 e. The Morgan fingerprint density at radius 1 is 0.947 bits per heavy atom. The molecule has 210 valence electrons. The number of fused-ring (bicyclic) bond motifs is 5. The van der Waals surface area contributed by atoms with Gasteiger partial charge in [0.25, 0.3) is 0 Å². The van der Waals surface area contributed by atoms with E-state index in [2.05, 4.69) is 32.9 Å². The maximum atomic E-state index is 11.8. The topological polar surface area (TPSA) is 79.2 Å². The lowest BCUT2D eigenvalue weighted by Crippen LogP contribution is -2.62. The SMILES string of the molecule is C[C@H](/C=C\[C@@H]1CCO[C@H](c2ccccc2)O1)[C@H]1CC[C@H]2[C@@H]3[C@H](O)C[C@@H]4C[C@H](O)CC[C@]4(C)[C@H]3C[C@H](O)[C@]12C.